The second-order valence-electron chi connectivity index (χ2n) is 13.9. The number of hydrogen-bond acceptors (Lipinski definition) is 0. The SMILES string of the molecule is CC1CC2CCCC3CC(C)C4CCCC5C4C(C23)C2C(CCCC12)CC5(C)C. The zero-order valence-corrected chi connectivity index (χ0v) is 19.9. The predicted molar refractivity (Wildman–Crippen MR) is 122 cm³/mol. The predicted octanol–water partition coefficient (Wildman–Crippen LogP) is 8.21. The van der Waals surface area contributed by atoms with Crippen LogP contribution >= 0.6 is 0 Å². The van der Waals surface area contributed by atoms with Gasteiger partial charge in [-0.1, -0.05) is 66.2 Å². The van der Waals surface area contributed by atoms with Crippen molar-refractivity contribution in [2.75, 3.05) is 0 Å². The third kappa shape index (κ3) is 2.88. The lowest BCUT2D eigenvalue weighted by atomic mass is 9.52. The van der Waals surface area contributed by atoms with Crippen LogP contribution in [0.1, 0.15) is 105 Å². The largest absolute Gasteiger partial charge is 0.0622 e. The molecule has 6 rings (SSSR count). The summed E-state index contributed by atoms with van der Waals surface area (Å²) in [5, 5.41) is 0. The smallest absolute Gasteiger partial charge is 0.0313 e. The normalized spacial score (nSPS) is 58.3. The van der Waals surface area contributed by atoms with Gasteiger partial charge in [-0.25, -0.2) is 0 Å². The Bertz CT molecular complexity index is 612. The number of hydrogen-bond donors (Lipinski definition) is 0. The van der Waals surface area contributed by atoms with E-state index in [0.29, 0.717) is 5.41 Å². The Morgan fingerprint density at radius 1 is 0.552 bits per heavy atom. The fourth-order valence-corrected chi connectivity index (χ4v) is 11.7. The monoisotopic (exact) mass is 396 g/mol. The first-order valence-corrected chi connectivity index (χ1v) is 14.0. The standard InChI is InChI=1S/C29H48/c1-17-14-19-8-5-9-20-15-18(2)23-12-7-13-24-27(23)28(25(19)20)26-21(16-29(24,3)4)10-6-11-22(17)26/h17-28H,5-16H2,1-4H3. The first-order valence-electron chi connectivity index (χ1n) is 14.0. The highest BCUT2D eigenvalue weighted by molar-refractivity contribution is 5.10. The Labute approximate surface area is 181 Å². The summed E-state index contributed by atoms with van der Waals surface area (Å²) < 4.78 is 0. The number of rotatable bonds is 0. The van der Waals surface area contributed by atoms with Gasteiger partial charge in [0.25, 0.3) is 0 Å². The first-order chi connectivity index (χ1) is 14.0. The highest BCUT2D eigenvalue weighted by atomic mass is 14.7. The quantitative estimate of drug-likeness (QED) is 0.387. The molecule has 0 nitrogen and oxygen atoms in total. The van der Waals surface area contributed by atoms with E-state index in [0.717, 1.165) is 71.0 Å². The molecule has 6 saturated carbocycles. The topological polar surface area (TPSA) is 0 Å². The van der Waals surface area contributed by atoms with Gasteiger partial charge in [-0.3, -0.25) is 0 Å². The fraction of sp³-hybridized carbons (Fsp3) is 1.00. The van der Waals surface area contributed by atoms with Gasteiger partial charge in [-0.15, -0.1) is 0 Å². The minimum absolute atomic E-state index is 0.592. The van der Waals surface area contributed by atoms with E-state index in [-0.39, 0.29) is 0 Å². The first kappa shape index (κ1) is 19.7. The molecule has 0 aromatic heterocycles. The highest BCUT2D eigenvalue weighted by Gasteiger charge is 2.61. The molecule has 6 fully saturated rings. The highest BCUT2D eigenvalue weighted by Crippen LogP contribution is 2.68. The third-order valence-corrected chi connectivity index (χ3v) is 12.3. The van der Waals surface area contributed by atoms with Gasteiger partial charge in [0, 0.05) is 0 Å². The molecule has 0 bridgehead atoms. The van der Waals surface area contributed by atoms with Crippen molar-refractivity contribution in [3.63, 3.8) is 0 Å². The van der Waals surface area contributed by atoms with Gasteiger partial charge in [0.1, 0.15) is 0 Å². The van der Waals surface area contributed by atoms with Crippen molar-refractivity contribution in [2.45, 2.75) is 105 Å². The molecular weight excluding hydrogens is 348 g/mol. The molecule has 0 spiro atoms. The van der Waals surface area contributed by atoms with E-state index in [1.807, 2.05) is 0 Å². The lowest BCUT2D eigenvalue weighted by Gasteiger charge is -2.52. The molecule has 0 heteroatoms. The zero-order chi connectivity index (χ0) is 19.9. The van der Waals surface area contributed by atoms with Crippen LogP contribution in [-0.2, 0) is 0 Å². The lowest BCUT2D eigenvalue weighted by molar-refractivity contribution is -0.0446. The third-order valence-electron chi connectivity index (χ3n) is 12.3. The van der Waals surface area contributed by atoms with Gasteiger partial charge in [0.05, 0.1) is 0 Å². The van der Waals surface area contributed by atoms with Crippen LogP contribution in [0.2, 0.25) is 0 Å². The zero-order valence-electron chi connectivity index (χ0n) is 19.9. The molecule has 12 unspecified atom stereocenters. The Morgan fingerprint density at radius 2 is 1.10 bits per heavy atom. The van der Waals surface area contributed by atoms with E-state index in [1.165, 1.54) is 0 Å². The second kappa shape index (κ2) is 7.00. The van der Waals surface area contributed by atoms with E-state index in [2.05, 4.69) is 27.7 Å². The van der Waals surface area contributed by atoms with Crippen LogP contribution < -0.4 is 0 Å². The summed E-state index contributed by atoms with van der Waals surface area (Å²) in [6.45, 7) is 10.9. The van der Waals surface area contributed by atoms with Gasteiger partial charge in [0.2, 0.25) is 0 Å². The van der Waals surface area contributed by atoms with Crippen LogP contribution in [0.5, 0.6) is 0 Å². The summed E-state index contributed by atoms with van der Waals surface area (Å²) >= 11 is 0. The maximum absolute atomic E-state index is 2.73. The van der Waals surface area contributed by atoms with Gasteiger partial charge in [-0.05, 0) is 115 Å². The van der Waals surface area contributed by atoms with Gasteiger partial charge >= 0.3 is 0 Å². The van der Waals surface area contributed by atoms with Crippen molar-refractivity contribution in [3.05, 3.63) is 0 Å². The molecule has 0 radical (unpaired) electrons. The summed E-state index contributed by atoms with van der Waals surface area (Å²) in [7, 11) is 0. The average molecular weight is 397 g/mol. The molecule has 0 saturated heterocycles. The van der Waals surface area contributed by atoms with Crippen molar-refractivity contribution < 1.29 is 0 Å². The van der Waals surface area contributed by atoms with Crippen LogP contribution in [0.15, 0.2) is 0 Å². The Balaban J connectivity index is 1.55. The molecular formula is C29H48. The molecule has 6 aliphatic carbocycles. The molecule has 164 valence electrons. The molecule has 0 aromatic rings. The van der Waals surface area contributed by atoms with Crippen molar-refractivity contribution in [2.24, 2.45) is 76.4 Å². The van der Waals surface area contributed by atoms with Gasteiger partial charge in [-0.2, -0.15) is 0 Å². The van der Waals surface area contributed by atoms with Crippen LogP contribution in [-0.4, -0.2) is 0 Å². The molecule has 12 atom stereocenters. The Hall–Kier alpha value is 0. The van der Waals surface area contributed by atoms with Gasteiger partial charge in [0.15, 0.2) is 0 Å². The van der Waals surface area contributed by atoms with E-state index in [1.54, 1.807) is 77.0 Å². The Kier molecular flexibility index (Phi) is 4.75. The molecule has 0 amide bonds. The molecule has 0 N–H and O–H groups in total. The molecule has 0 heterocycles. The minimum atomic E-state index is 0.592. The van der Waals surface area contributed by atoms with E-state index >= 15 is 0 Å². The van der Waals surface area contributed by atoms with E-state index < -0.39 is 0 Å². The maximum atomic E-state index is 2.73. The maximum Gasteiger partial charge on any atom is -0.0313 e. The molecule has 0 aromatic carbocycles. The van der Waals surface area contributed by atoms with Crippen molar-refractivity contribution >= 4 is 0 Å². The summed E-state index contributed by atoms with van der Waals surface area (Å²) in [6, 6.07) is 0. The molecule has 0 aliphatic heterocycles. The molecule has 6 aliphatic rings. The van der Waals surface area contributed by atoms with Crippen molar-refractivity contribution in [1.82, 2.24) is 0 Å². The van der Waals surface area contributed by atoms with Crippen LogP contribution in [0.4, 0.5) is 0 Å². The summed E-state index contributed by atoms with van der Waals surface area (Å²) in [4.78, 5) is 0. The minimum Gasteiger partial charge on any atom is -0.0622 e. The van der Waals surface area contributed by atoms with E-state index in [9.17, 15) is 0 Å². The van der Waals surface area contributed by atoms with Crippen molar-refractivity contribution in [3.8, 4) is 0 Å². The lowest BCUT2D eigenvalue weighted by Crippen LogP contribution is -2.47. The molecule has 29 heavy (non-hydrogen) atoms. The fourth-order valence-electron chi connectivity index (χ4n) is 11.7. The summed E-state index contributed by atoms with van der Waals surface area (Å²) in [5.74, 6) is 12.9. The van der Waals surface area contributed by atoms with Crippen LogP contribution in [0, 0.1) is 76.4 Å². The van der Waals surface area contributed by atoms with E-state index in [4.69, 9.17) is 0 Å². The van der Waals surface area contributed by atoms with Crippen molar-refractivity contribution in [1.29, 1.82) is 0 Å². The average Bonchev–Trinajstić information content (AvgIpc) is 2.95. The van der Waals surface area contributed by atoms with Crippen LogP contribution in [0.3, 0.4) is 0 Å². The Morgan fingerprint density at radius 3 is 1.79 bits per heavy atom. The summed E-state index contributed by atoms with van der Waals surface area (Å²) in [6.07, 6.45) is 18.9. The van der Waals surface area contributed by atoms with Crippen LogP contribution in [0.25, 0.3) is 0 Å². The second-order valence-corrected chi connectivity index (χ2v) is 13.9. The summed E-state index contributed by atoms with van der Waals surface area (Å²) in [5.41, 5.74) is 0.592. The van der Waals surface area contributed by atoms with Gasteiger partial charge < -0.3 is 0 Å².